The van der Waals surface area contributed by atoms with E-state index in [1.165, 1.54) is 5.57 Å². The van der Waals surface area contributed by atoms with Gasteiger partial charge in [0.1, 0.15) is 0 Å². The van der Waals surface area contributed by atoms with Crippen molar-refractivity contribution < 1.29 is 10.2 Å². The van der Waals surface area contributed by atoms with Crippen molar-refractivity contribution in [1.82, 2.24) is 0 Å². The van der Waals surface area contributed by atoms with Crippen LogP contribution in [0.1, 0.15) is 53.4 Å². The van der Waals surface area contributed by atoms with Crippen LogP contribution in [0.2, 0.25) is 0 Å². The fraction of sp³-hybridized carbons (Fsp3) is 0.867. The minimum Gasteiger partial charge on any atom is -0.390 e. The summed E-state index contributed by atoms with van der Waals surface area (Å²) in [5.74, 6) is 0.910. The highest BCUT2D eigenvalue weighted by molar-refractivity contribution is 5.11. The first-order valence-corrected chi connectivity index (χ1v) is 6.83. The van der Waals surface area contributed by atoms with E-state index in [2.05, 4.69) is 13.0 Å². The van der Waals surface area contributed by atoms with Gasteiger partial charge in [-0.1, -0.05) is 11.6 Å². The number of hydrogen-bond donors (Lipinski definition) is 2. The average Bonchev–Trinajstić information content (AvgIpc) is 2.96. The molecule has 2 heteroatoms. The van der Waals surface area contributed by atoms with E-state index in [0.717, 1.165) is 25.7 Å². The van der Waals surface area contributed by atoms with E-state index < -0.39 is 11.2 Å². The molecular weight excluding hydrogens is 212 g/mol. The molecule has 0 aromatic heterocycles. The quantitative estimate of drug-likeness (QED) is 0.742. The maximum absolute atomic E-state index is 10.8. The summed E-state index contributed by atoms with van der Waals surface area (Å²) in [5, 5.41) is 20.8. The molecule has 0 aromatic carbocycles. The molecule has 4 atom stereocenters. The van der Waals surface area contributed by atoms with Gasteiger partial charge in [-0.15, -0.1) is 0 Å². The Morgan fingerprint density at radius 3 is 2.24 bits per heavy atom. The van der Waals surface area contributed by atoms with Gasteiger partial charge in [0.25, 0.3) is 0 Å². The zero-order valence-corrected chi connectivity index (χ0v) is 11.5. The molecule has 0 amide bonds. The van der Waals surface area contributed by atoms with Gasteiger partial charge in [-0.3, -0.25) is 0 Å². The summed E-state index contributed by atoms with van der Waals surface area (Å²) >= 11 is 0. The van der Waals surface area contributed by atoms with Gasteiger partial charge < -0.3 is 10.2 Å². The van der Waals surface area contributed by atoms with Crippen molar-refractivity contribution in [3.8, 4) is 0 Å². The lowest BCUT2D eigenvalue weighted by molar-refractivity contribution is -0.0470. The zero-order valence-electron chi connectivity index (χ0n) is 11.5. The van der Waals surface area contributed by atoms with Crippen molar-refractivity contribution in [3.63, 3.8) is 0 Å². The highest BCUT2D eigenvalue weighted by Crippen LogP contribution is 2.55. The molecule has 2 N–H and O–H groups in total. The third-order valence-electron chi connectivity index (χ3n) is 4.91. The number of allylic oxidation sites excluding steroid dienone is 2. The van der Waals surface area contributed by atoms with Crippen LogP contribution < -0.4 is 0 Å². The van der Waals surface area contributed by atoms with Crippen LogP contribution in [-0.4, -0.2) is 21.4 Å². The van der Waals surface area contributed by atoms with Crippen molar-refractivity contribution in [3.05, 3.63) is 11.6 Å². The second-order valence-corrected chi connectivity index (χ2v) is 6.85. The molecule has 2 rings (SSSR count). The third-order valence-corrected chi connectivity index (χ3v) is 4.91. The molecule has 98 valence electrons. The Hall–Kier alpha value is -0.340. The van der Waals surface area contributed by atoms with Crippen LogP contribution in [0.3, 0.4) is 0 Å². The molecular formula is C15H26O2. The molecule has 17 heavy (non-hydrogen) atoms. The second-order valence-electron chi connectivity index (χ2n) is 6.85. The first-order valence-electron chi connectivity index (χ1n) is 6.83. The van der Waals surface area contributed by atoms with E-state index in [0.29, 0.717) is 5.92 Å². The summed E-state index contributed by atoms with van der Waals surface area (Å²) in [7, 11) is 0. The molecule has 0 spiro atoms. The number of rotatable bonds is 3. The fourth-order valence-corrected chi connectivity index (χ4v) is 3.42. The van der Waals surface area contributed by atoms with Gasteiger partial charge >= 0.3 is 0 Å². The van der Waals surface area contributed by atoms with Crippen molar-refractivity contribution >= 4 is 0 Å². The standard InChI is InChI=1S/C15H26O2/c1-10-5-7-11(8-6-10)15(4,17)13-9-12(13)14(2,3)16/h5,11-13,16-17H,6-9H2,1-4H3/t11-,12+,13+,15+/m1/s1. The highest BCUT2D eigenvalue weighted by atomic mass is 16.3. The van der Waals surface area contributed by atoms with Gasteiger partial charge in [0, 0.05) is 0 Å². The SMILES string of the molecule is CC1=CC[C@@H]([C@](C)(O)[C@H]2C[C@@H]2C(C)(C)O)CC1. The largest absolute Gasteiger partial charge is 0.390 e. The van der Waals surface area contributed by atoms with Gasteiger partial charge in [0.05, 0.1) is 11.2 Å². The van der Waals surface area contributed by atoms with Crippen LogP contribution in [0.15, 0.2) is 11.6 Å². The monoisotopic (exact) mass is 238 g/mol. The molecule has 0 unspecified atom stereocenters. The Labute approximate surface area is 105 Å². The molecule has 0 heterocycles. The maximum Gasteiger partial charge on any atom is 0.0682 e. The second kappa shape index (κ2) is 4.10. The molecule has 1 fully saturated rings. The summed E-state index contributed by atoms with van der Waals surface area (Å²) in [6.45, 7) is 7.86. The predicted molar refractivity (Wildman–Crippen MR) is 69.6 cm³/mol. The van der Waals surface area contributed by atoms with Gasteiger partial charge in [-0.05, 0) is 71.1 Å². The molecule has 0 radical (unpaired) electrons. The average molecular weight is 238 g/mol. The van der Waals surface area contributed by atoms with Crippen molar-refractivity contribution in [1.29, 1.82) is 0 Å². The van der Waals surface area contributed by atoms with Crippen LogP contribution in [0.4, 0.5) is 0 Å². The zero-order chi connectivity index (χ0) is 12.8. The first kappa shape index (κ1) is 13.1. The molecule has 2 aliphatic carbocycles. The van der Waals surface area contributed by atoms with Gasteiger partial charge in [-0.25, -0.2) is 0 Å². The van der Waals surface area contributed by atoms with Crippen LogP contribution in [0.25, 0.3) is 0 Å². The Balaban J connectivity index is 2.01. The van der Waals surface area contributed by atoms with Gasteiger partial charge in [0.2, 0.25) is 0 Å². The van der Waals surface area contributed by atoms with E-state index >= 15 is 0 Å². The minimum atomic E-state index is -0.644. The number of aliphatic hydroxyl groups is 2. The van der Waals surface area contributed by atoms with Crippen molar-refractivity contribution in [2.45, 2.75) is 64.6 Å². The lowest BCUT2D eigenvalue weighted by Gasteiger charge is -2.36. The van der Waals surface area contributed by atoms with E-state index in [1.54, 1.807) is 0 Å². The maximum atomic E-state index is 10.8. The number of hydrogen-bond acceptors (Lipinski definition) is 2. The fourth-order valence-electron chi connectivity index (χ4n) is 3.42. The summed E-state index contributed by atoms with van der Waals surface area (Å²) in [6, 6.07) is 0. The summed E-state index contributed by atoms with van der Waals surface area (Å²) in [5.41, 5.74) is 0.198. The van der Waals surface area contributed by atoms with Crippen molar-refractivity contribution in [2.24, 2.45) is 17.8 Å². The smallest absolute Gasteiger partial charge is 0.0682 e. The van der Waals surface area contributed by atoms with Crippen LogP contribution in [0.5, 0.6) is 0 Å². The van der Waals surface area contributed by atoms with E-state index in [4.69, 9.17) is 0 Å². The molecule has 0 bridgehead atoms. The Kier molecular flexibility index (Phi) is 3.16. The Morgan fingerprint density at radius 1 is 1.18 bits per heavy atom. The summed E-state index contributed by atoms with van der Waals surface area (Å²) in [4.78, 5) is 0. The predicted octanol–water partition coefficient (Wildman–Crippen LogP) is 2.89. The van der Waals surface area contributed by atoms with E-state index in [1.807, 2.05) is 20.8 Å². The lowest BCUT2D eigenvalue weighted by atomic mass is 9.75. The van der Waals surface area contributed by atoms with Crippen LogP contribution in [-0.2, 0) is 0 Å². The van der Waals surface area contributed by atoms with Gasteiger partial charge in [-0.2, -0.15) is 0 Å². The van der Waals surface area contributed by atoms with E-state index in [-0.39, 0.29) is 11.8 Å². The third kappa shape index (κ3) is 2.58. The summed E-state index contributed by atoms with van der Waals surface area (Å²) < 4.78 is 0. The summed E-state index contributed by atoms with van der Waals surface area (Å²) in [6.07, 6.45) is 6.43. The Morgan fingerprint density at radius 2 is 1.82 bits per heavy atom. The van der Waals surface area contributed by atoms with Gasteiger partial charge in [0.15, 0.2) is 0 Å². The van der Waals surface area contributed by atoms with E-state index in [9.17, 15) is 10.2 Å². The molecule has 0 saturated heterocycles. The molecule has 2 aliphatic rings. The van der Waals surface area contributed by atoms with Crippen LogP contribution in [0, 0.1) is 17.8 Å². The Bertz CT molecular complexity index is 322. The highest BCUT2D eigenvalue weighted by Gasteiger charge is 2.57. The topological polar surface area (TPSA) is 40.5 Å². The van der Waals surface area contributed by atoms with Crippen molar-refractivity contribution in [2.75, 3.05) is 0 Å². The first-order chi connectivity index (χ1) is 7.73. The molecule has 1 saturated carbocycles. The molecule has 0 aliphatic heterocycles. The normalized spacial score (nSPS) is 37.3. The molecule has 0 aromatic rings. The van der Waals surface area contributed by atoms with Crippen LogP contribution >= 0.6 is 0 Å². The molecule has 2 nitrogen and oxygen atoms in total. The minimum absolute atomic E-state index is 0.268. The lowest BCUT2D eigenvalue weighted by Crippen LogP contribution is -2.40.